The lowest BCUT2D eigenvalue weighted by Gasteiger charge is -2.17. The fraction of sp³-hybridized carbons (Fsp3) is 0.500. The summed E-state index contributed by atoms with van der Waals surface area (Å²) < 4.78 is 17.5. The van der Waals surface area contributed by atoms with Crippen LogP contribution >= 0.6 is 0 Å². The normalized spacial score (nSPS) is 14.2. The van der Waals surface area contributed by atoms with Crippen LogP contribution in [0.4, 0.5) is 0 Å². The molecule has 108 valence electrons. The minimum Gasteiger partial charge on any atom is -0.591 e. The molecule has 0 aliphatic carbocycles. The van der Waals surface area contributed by atoms with Gasteiger partial charge in [-0.15, -0.1) is 0 Å². The van der Waals surface area contributed by atoms with Crippen LogP contribution in [-0.2, 0) is 17.9 Å². The van der Waals surface area contributed by atoms with Gasteiger partial charge < -0.3 is 4.55 Å². The molecule has 0 spiro atoms. The molecule has 0 fully saturated rings. The molecule has 0 saturated carbocycles. The van der Waals surface area contributed by atoms with E-state index in [9.17, 15) is 4.55 Å². The molecule has 2 aromatic heterocycles. The van der Waals surface area contributed by atoms with E-state index in [0.717, 1.165) is 23.9 Å². The van der Waals surface area contributed by atoms with Crippen molar-refractivity contribution in [2.75, 3.05) is 0 Å². The first-order valence-corrected chi connectivity index (χ1v) is 7.80. The highest BCUT2D eigenvalue weighted by molar-refractivity contribution is 7.91. The third-order valence-electron chi connectivity index (χ3n) is 2.79. The Bertz CT molecular complexity index is 615. The fourth-order valence-electron chi connectivity index (χ4n) is 1.71. The maximum Gasteiger partial charge on any atom is 0.144 e. The molecular formula is C14H20N4OS. The second-order valence-electron chi connectivity index (χ2n) is 5.63. The molecule has 0 aromatic carbocycles. The molecule has 1 unspecified atom stereocenters. The molecule has 0 saturated heterocycles. The molecule has 0 aliphatic rings. The molecule has 6 heteroatoms. The van der Waals surface area contributed by atoms with Crippen molar-refractivity contribution in [3.05, 3.63) is 24.2 Å². The molecule has 1 atom stereocenters. The van der Waals surface area contributed by atoms with Crippen LogP contribution in [-0.4, -0.2) is 30.3 Å². The molecule has 0 amide bonds. The van der Waals surface area contributed by atoms with Crippen molar-refractivity contribution in [1.29, 1.82) is 0 Å². The average molecular weight is 292 g/mol. The molecule has 0 aliphatic heterocycles. The number of aryl methyl sites for hydroxylation is 1. The van der Waals surface area contributed by atoms with Gasteiger partial charge in [0, 0.05) is 11.9 Å². The van der Waals surface area contributed by atoms with Crippen LogP contribution in [0.2, 0.25) is 0 Å². The zero-order valence-corrected chi connectivity index (χ0v) is 13.1. The van der Waals surface area contributed by atoms with Gasteiger partial charge in [0.05, 0.1) is 23.6 Å². The maximum absolute atomic E-state index is 11.9. The van der Waals surface area contributed by atoms with Gasteiger partial charge in [-0.25, -0.2) is 0 Å². The maximum atomic E-state index is 11.9. The standard InChI is InChI=1S/C14H20N4OS/c1-5-6-18-13-10-15-12(7-11(13)8-16-18)9-17-20(19)14(2,3)4/h7-10H,5-6H2,1-4H3. The van der Waals surface area contributed by atoms with E-state index in [2.05, 4.69) is 21.4 Å². The van der Waals surface area contributed by atoms with Crippen LogP contribution in [0.3, 0.4) is 0 Å². The van der Waals surface area contributed by atoms with Crippen LogP contribution < -0.4 is 0 Å². The Morgan fingerprint density at radius 2 is 2.15 bits per heavy atom. The number of aromatic nitrogens is 3. The average Bonchev–Trinajstić information content (AvgIpc) is 2.78. The van der Waals surface area contributed by atoms with Crippen molar-refractivity contribution in [1.82, 2.24) is 14.8 Å². The predicted octanol–water partition coefficient (Wildman–Crippen LogP) is 2.72. The Hall–Kier alpha value is -1.40. The quantitative estimate of drug-likeness (QED) is 0.643. The molecule has 20 heavy (non-hydrogen) atoms. The first-order valence-electron chi connectivity index (χ1n) is 6.69. The van der Waals surface area contributed by atoms with Crippen molar-refractivity contribution in [2.45, 2.75) is 45.4 Å². The highest BCUT2D eigenvalue weighted by Crippen LogP contribution is 2.17. The van der Waals surface area contributed by atoms with Gasteiger partial charge in [0.25, 0.3) is 0 Å². The van der Waals surface area contributed by atoms with Crippen molar-refractivity contribution < 1.29 is 4.55 Å². The van der Waals surface area contributed by atoms with Gasteiger partial charge in [0.1, 0.15) is 22.3 Å². The Morgan fingerprint density at radius 3 is 2.80 bits per heavy atom. The third-order valence-corrected chi connectivity index (χ3v) is 4.13. The molecule has 0 N–H and O–H groups in total. The second-order valence-corrected chi connectivity index (χ2v) is 7.57. The van der Waals surface area contributed by atoms with Gasteiger partial charge in [-0.2, -0.15) is 5.10 Å². The highest BCUT2D eigenvalue weighted by Gasteiger charge is 2.25. The topological polar surface area (TPSA) is 66.1 Å². The zero-order valence-electron chi connectivity index (χ0n) is 12.3. The van der Waals surface area contributed by atoms with E-state index in [4.69, 9.17) is 0 Å². The molecule has 2 rings (SSSR count). The Balaban J connectivity index is 2.22. The summed E-state index contributed by atoms with van der Waals surface area (Å²) in [6.07, 6.45) is 6.21. The first kappa shape index (κ1) is 15.0. The minimum atomic E-state index is -1.26. The summed E-state index contributed by atoms with van der Waals surface area (Å²) >= 11 is -1.26. The van der Waals surface area contributed by atoms with Crippen LogP contribution in [0.15, 0.2) is 22.9 Å². The van der Waals surface area contributed by atoms with Gasteiger partial charge in [-0.3, -0.25) is 9.67 Å². The van der Waals surface area contributed by atoms with E-state index < -0.39 is 11.4 Å². The Morgan fingerprint density at radius 1 is 1.40 bits per heavy atom. The number of rotatable bonds is 4. The van der Waals surface area contributed by atoms with Gasteiger partial charge in [0.15, 0.2) is 0 Å². The Labute approximate surface area is 122 Å². The number of pyridine rings is 1. The van der Waals surface area contributed by atoms with E-state index in [-0.39, 0.29) is 4.75 Å². The first-order chi connectivity index (χ1) is 9.41. The van der Waals surface area contributed by atoms with E-state index in [1.54, 1.807) is 12.4 Å². The van der Waals surface area contributed by atoms with Crippen molar-refractivity contribution in [2.24, 2.45) is 4.40 Å². The molecule has 2 aromatic rings. The van der Waals surface area contributed by atoms with Crippen LogP contribution in [0.1, 0.15) is 39.8 Å². The third kappa shape index (κ3) is 3.37. The SMILES string of the molecule is CCCn1ncc2cc(C=N[S+]([O-])C(C)(C)C)ncc21. The number of hydrogen-bond donors (Lipinski definition) is 0. The monoisotopic (exact) mass is 292 g/mol. The van der Waals surface area contributed by atoms with E-state index >= 15 is 0 Å². The lowest BCUT2D eigenvalue weighted by atomic mass is 10.3. The summed E-state index contributed by atoms with van der Waals surface area (Å²) in [5.41, 5.74) is 1.71. The summed E-state index contributed by atoms with van der Waals surface area (Å²) in [5, 5.41) is 5.36. The molecule has 2 heterocycles. The summed E-state index contributed by atoms with van der Waals surface area (Å²) in [7, 11) is 0. The van der Waals surface area contributed by atoms with Crippen molar-refractivity contribution >= 4 is 28.5 Å². The molecule has 0 bridgehead atoms. The van der Waals surface area contributed by atoms with E-state index in [1.807, 2.05) is 37.7 Å². The van der Waals surface area contributed by atoms with Crippen LogP contribution in [0.25, 0.3) is 10.9 Å². The van der Waals surface area contributed by atoms with E-state index in [1.165, 1.54) is 0 Å². The molecule has 0 radical (unpaired) electrons. The van der Waals surface area contributed by atoms with Gasteiger partial charge in [-0.05, 0) is 33.3 Å². The lowest BCUT2D eigenvalue weighted by molar-refractivity contribution is 0.562. The lowest BCUT2D eigenvalue weighted by Crippen LogP contribution is -2.25. The van der Waals surface area contributed by atoms with E-state index in [0.29, 0.717) is 5.69 Å². The number of hydrogen-bond acceptors (Lipinski definition) is 4. The summed E-state index contributed by atoms with van der Waals surface area (Å²) in [6, 6.07) is 1.91. The van der Waals surface area contributed by atoms with Crippen LogP contribution in [0.5, 0.6) is 0 Å². The van der Waals surface area contributed by atoms with Crippen LogP contribution in [0, 0.1) is 0 Å². The minimum absolute atomic E-state index is 0.355. The summed E-state index contributed by atoms with van der Waals surface area (Å²) in [4.78, 5) is 4.33. The highest BCUT2D eigenvalue weighted by atomic mass is 32.2. The number of nitrogens with zero attached hydrogens (tertiary/aromatic N) is 4. The van der Waals surface area contributed by atoms with Gasteiger partial charge in [0.2, 0.25) is 0 Å². The molecule has 5 nitrogen and oxygen atoms in total. The second kappa shape index (κ2) is 5.93. The summed E-state index contributed by atoms with van der Waals surface area (Å²) in [6.45, 7) is 8.68. The molecular weight excluding hydrogens is 272 g/mol. The zero-order chi connectivity index (χ0) is 14.8. The van der Waals surface area contributed by atoms with Gasteiger partial charge >= 0.3 is 0 Å². The van der Waals surface area contributed by atoms with Gasteiger partial charge in [-0.1, -0.05) is 11.3 Å². The van der Waals surface area contributed by atoms with Crippen molar-refractivity contribution in [3.8, 4) is 0 Å². The van der Waals surface area contributed by atoms with Crippen molar-refractivity contribution in [3.63, 3.8) is 0 Å². The predicted molar refractivity (Wildman–Crippen MR) is 83.3 cm³/mol. The smallest absolute Gasteiger partial charge is 0.144 e. The summed E-state index contributed by atoms with van der Waals surface area (Å²) in [5.74, 6) is 0. The fourth-order valence-corrected chi connectivity index (χ4v) is 2.23. The Kier molecular flexibility index (Phi) is 4.45. The largest absolute Gasteiger partial charge is 0.591 e. The number of fused-ring (bicyclic) bond motifs is 1.